The third-order valence-corrected chi connectivity index (χ3v) is 2.80. The summed E-state index contributed by atoms with van der Waals surface area (Å²) < 4.78 is 0. The Morgan fingerprint density at radius 2 is 2.06 bits per heavy atom. The molecule has 0 saturated carbocycles. The van der Waals surface area contributed by atoms with Crippen LogP contribution in [0.4, 0.5) is 5.95 Å². The molecule has 0 amide bonds. The van der Waals surface area contributed by atoms with Crippen molar-refractivity contribution in [2.75, 3.05) is 18.4 Å². The van der Waals surface area contributed by atoms with E-state index >= 15 is 0 Å². The predicted molar refractivity (Wildman–Crippen MR) is 74.6 cm³/mol. The van der Waals surface area contributed by atoms with Crippen molar-refractivity contribution in [1.82, 2.24) is 9.97 Å². The Morgan fingerprint density at radius 1 is 1.22 bits per heavy atom. The fraction of sp³-hybridized carbons (Fsp3) is 0.231. The van der Waals surface area contributed by atoms with Crippen molar-refractivity contribution in [3.8, 4) is 11.3 Å². The van der Waals surface area contributed by atoms with E-state index in [0.717, 1.165) is 24.2 Å². The van der Waals surface area contributed by atoms with Crippen LogP contribution in [0.25, 0.3) is 11.3 Å². The van der Waals surface area contributed by atoms with E-state index in [1.807, 2.05) is 30.3 Å². The summed E-state index contributed by atoms with van der Waals surface area (Å²) in [6.07, 6.45) is 2.61. The second-order valence-electron chi connectivity index (χ2n) is 3.81. The van der Waals surface area contributed by atoms with Gasteiger partial charge in [-0.25, -0.2) is 9.97 Å². The van der Waals surface area contributed by atoms with E-state index in [1.165, 1.54) is 0 Å². The zero-order valence-corrected chi connectivity index (χ0v) is 10.7. The van der Waals surface area contributed by atoms with Gasteiger partial charge in [0.15, 0.2) is 0 Å². The number of nitrogens with one attached hydrogen (secondary N) is 1. The number of rotatable bonds is 5. The summed E-state index contributed by atoms with van der Waals surface area (Å²) >= 11 is 6.14. The lowest BCUT2D eigenvalue weighted by molar-refractivity contribution is 0.864. The molecule has 2 aromatic rings. The minimum Gasteiger partial charge on any atom is -0.354 e. The largest absolute Gasteiger partial charge is 0.354 e. The number of halogens is 1. The first-order chi connectivity index (χ1) is 8.81. The maximum absolute atomic E-state index is 6.14. The normalized spacial score (nSPS) is 10.3. The van der Waals surface area contributed by atoms with Crippen LogP contribution in [0.2, 0.25) is 5.02 Å². The smallest absolute Gasteiger partial charge is 0.223 e. The molecule has 0 aliphatic rings. The SMILES string of the molecule is NCCCNc1nccc(-c2ccccc2Cl)n1. The van der Waals surface area contributed by atoms with Crippen LogP contribution in [0.15, 0.2) is 36.5 Å². The van der Waals surface area contributed by atoms with Gasteiger partial charge in [0.1, 0.15) is 0 Å². The number of hydrogen-bond acceptors (Lipinski definition) is 4. The van der Waals surface area contributed by atoms with Crippen molar-refractivity contribution in [3.05, 3.63) is 41.6 Å². The summed E-state index contributed by atoms with van der Waals surface area (Å²) in [6.45, 7) is 1.42. The molecule has 5 heteroatoms. The molecule has 94 valence electrons. The minimum atomic E-state index is 0.598. The van der Waals surface area contributed by atoms with E-state index in [1.54, 1.807) is 6.20 Å². The molecule has 2 rings (SSSR count). The zero-order chi connectivity index (χ0) is 12.8. The van der Waals surface area contributed by atoms with Crippen LogP contribution < -0.4 is 11.1 Å². The van der Waals surface area contributed by atoms with Crippen LogP contribution in [0.3, 0.4) is 0 Å². The summed E-state index contributed by atoms with van der Waals surface area (Å²) in [7, 11) is 0. The van der Waals surface area contributed by atoms with Crippen LogP contribution >= 0.6 is 11.6 Å². The highest BCUT2D eigenvalue weighted by Gasteiger charge is 2.05. The van der Waals surface area contributed by atoms with E-state index in [9.17, 15) is 0 Å². The van der Waals surface area contributed by atoms with E-state index in [2.05, 4.69) is 15.3 Å². The van der Waals surface area contributed by atoms with Crippen molar-refractivity contribution >= 4 is 17.5 Å². The van der Waals surface area contributed by atoms with Crippen molar-refractivity contribution < 1.29 is 0 Å². The Morgan fingerprint density at radius 3 is 2.83 bits per heavy atom. The molecule has 4 nitrogen and oxygen atoms in total. The summed E-state index contributed by atoms with van der Waals surface area (Å²) in [5.74, 6) is 0.598. The number of nitrogens with zero attached hydrogens (tertiary/aromatic N) is 2. The van der Waals surface area contributed by atoms with Crippen molar-refractivity contribution in [2.45, 2.75) is 6.42 Å². The molecule has 1 aromatic carbocycles. The molecule has 1 aromatic heterocycles. The second kappa shape index (κ2) is 6.33. The quantitative estimate of drug-likeness (QED) is 0.813. The minimum absolute atomic E-state index is 0.598. The monoisotopic (exact) mass is 262 g/mol. The number of hydrogen-bond donors (Lipinski definition) is 2. The Balaban J connectivity index is 2.19. The zero-order valence-electron chi connectivity index (χ0n) is 9.94. The second-order valence-corrected chi connectivity index (χ2v) is 4.22. The fourth-order valence-electron chi connectivity index (χ4n) is 1.57. The van der Waals surface area contributed by atoms with Gasteiger partial charge in [-0.15, -0.1) is 0 Å². The fourth-order valence-corrected chi connectivity index (χ4v) is 1.80. The van der Waals surface area contributed by atoms with Gasteiger partial charge in [0.2, 0.25) is 5.95 Å². The number of benzene rings is 1. The molecule has 0 fully saturated rings. The predicted octanol–water partition coefficient (Wildman–Crippen LogP) is 2.56. The first kappa shape index (κ1) is 12.8. The molecule has 0 unspecified atom stereocenters. The Hall–Kier alpha value is -1.65. The van der Waals surface area contributed by atoms with Crippen LogP contribution in [-0.2, 0) is 0 Å². The average molecular weight is 263 g/mol. The molecule has 1 heterocycles. The maximum Gasteiger partial charge on any atom is 0.223 e. The topological polar surface area (TPSA) is 63.8 Å². The summed E-state index contributed by atoms with van der Waals surface area (Å²) in [5, 5.41) is 3.81. The van der Waals surface area contributed by atoms with Gasteiger partial charge in [-0.2, -0.15) is 0 Å². The molecule has 0 aliphatic carbocycles. The summed E-state index contributed by atoms with van der Waals surface area (Å²) in [4.78, 5) is 8.59. The van der Waals surface area contributed by atoms with Crippen LogP contribution in [-0.4, -0.2) is 23.1 Å². The lowest BCUT2D eigenvalue weighted by Gasteiger charge is -2.07. The van der Waals surface area contributed by atoms with E-state index < -0.39 is 0 Å². The van der Waals surface area contributed by atoms with Crippen molar-refractivity contribution in [2.24, 2.45) is 5.73 Å². The number of aromatic nitrogens is 2. The highest BCUT2D eigenvalue weighted by Crippen LogP contribution is 2.25. The molecule has 0 spiro atoms. The molecule has 0 radical (unpaired) electrons. The van der Waals surface area contributed by atoms with Crippen molar-refractivity contribution in [3.63, 3.8) is 0 Å². The van der Waals surface area contributed by atoms with E-state index in [4.69, 9.17) is 17.3 Å². The van der Waals surface area contributed by atoms with Crippen LogP contribution in [0, 0.1) is 0 Å². The van der Waals surface area contributed by atoms with Gasteiger partial charge in [-0.05, 0) is 25.1 Å². The summed E-state index contributed by atoms with van der Waals surface area (Å²) in [5.41, 5.74) is 7.15. The third kappa shape index (κ3) is 3.18. The van der Waals surface area contributed by atoms with Gasteiger partial charge >= 0.3 is 0 Å². The molecule has 0 atom stereocenters. The Bertz CT molecular complexity index is 516. The van der Waals surface area contributed by atoms with Crippen molar-refractivity contribution in [1.29, 1.82) is 0 Å². The number of anilines is 1. The standard InChI is InChI=1S/C13H15ClN4/c14-11-5-2-1-4-10(11)12-6-9-17-13(18-12)16-8-3-7-15/h1-2,4-6,9H,3,7-8,15H2,(H,16,17,18). The lowest BCUT2D eigenvalue weighted by atomic mass is 10.1. The van der Waals surface area contributed by atoms with E-state index in [0.29, 0.717) is 17.5 Å². The Labute approximate surface area is 111 Å². The van der Waals surface area contributed by atoms with Crippen LogP contribution in [0.1, 0.15) is 6.42 Å². The molecular formula is C13H15ClN4. The summed E-state index contributed by atoms with van der Waals surface area (Å²) in [6, 6.07) is 9.46. The van der Waals surface area contributed by atoms with Gasteiger partial charge in [0, 0.05) is 23.3 Å². The lowest BCUT2D eigenvalue weighted by Crippen LogP contribution is -2.10. The van der Waals surface area contributed by atoms with Gasteiger partial charge < -0.3 is 11.1 Å². The van der Waals surface area contributed by atoms with Gasteiger partial charge in [0.05, 0.1) is 5.69 Å². The van der Waals surface area contributed by atoms with Gasteiger partial charge in [-0.3, -0.25) is 0 Å². The first-order valence-corrected chi connectivity index (χ1v) is 6.21. The van der Waals surface area contributed by atoms with E-state index in [-0.39, 0.29) is 0 Å². The van der Waals surface area contributed by atoms with Gasteiger partial charge in [-0.1, -0.05) is 29.8 Å². The van der Waals surface area contributed by atoms with Gasteiger partial charge in [0.25, 0.3) is 0 Å². The molecule has 3 N–H and O–H groups in total. The molecule has 0 aliphatic heterocycles. The Kier molecular flexibility index (Phi) is 4.50. The first-order valence-electron chi connectivity index (χ1n) is 5.83. The highest BCUT2D eigenvalue weighted by atomic mass is 35.5. The third-order valence-electron chi connectivity index (χ3n) is 2.47. The van der Waals surface area contributed by atoms with Crippen LogP contribution in [0.5, 0.6) is 0 Å². The molecule has 18 heavy (non-hydrogen) atoms. The molecule has 0 saturated heterocycles. The number of nitrogens with two attached hydrogens (primary N) is 1. The highest BCUT2D eigenvalue weighted by molar-refractivity contribution is 6.33. The molecule has 0 bridgehead atoms. The average Bonchev–Trinajstić information content (AvgIpc) is 2.40. The molecular weight excluding hydrogens is 248 g/mol. The maximum atomic E-state index is 6.14.